The van der Waals surface area contributed by atoms with Gasteiger partial charge in [0, 0.05) is 11.3 Å². The van der Waals surface area contributed by atoms with Crippen molar-refractivity contribution in [2.45, 2.75) is 6.17 Å². The minimum absolute atomic E-state index is 0.209. The van der Waals surface area contributed by atoms with Gasteiger partial charge >= 0.3 is 0 Å². The molecule has 0 saturated carbocycles. The summed E-state index contributed by atoms with van der Waals surface area (Å²) in [6, 6.07) is 17.8. The lowest BCUT2D eigenvalue weighted by Crippen LogP contribution is -2.31. The quantitative estimate of drug-likeness (QED) is 0.732. The lowest BCUT2D eigenvalue weighted by atomic mass is 10.1. The van der Waals surface area contributed by atoms with Gasteiger partial charge in [-0.15, -0.1) is 0 Å². The summed E-state index contributed by atoms with van der Waals surface area (Å²) in [4.78, 5) is 4.41. The Bertz CT molecular complexity index is 650. The van der Waals surface area contributed by atoms with Crippen LogP contribution in [0.5, 0.6) is 0 Å². The molecule has 2 aromatic rings. The molecule has 20 heavy (non-hydrogen) atoms. The first-order chi connectivity index (χ1) is 9.86. The molecule has 0 fully saturated rings. The zero-order chi connectivity index (χ0) is 13.8. The van der Waals surface area contributed by atoms with Crippen LogP contribution in [0.3, 0.4) is 0 Å². The smallest absolute Gasteiger partial charge is 0.156 e. The molecule has 100 valence electrons. The Morgan fingerprint density at radius 1 is 1.05 bits per heavy atom. The minimum Gasteiger partial charge on any atom is -0.360 e. The minimum atomic E-state index is -0.209. The Kier molecular flexibility index (Phi) is 3.48. The summed E-state index contributed by atoms with van der Waals surface area (Å²) in [6.07, 6.45) is 3.76. The number of benzene rings is 2. The molecule has 4 nitrogen and oxygen atoms in total. The maximum Gasteiger partial charge on any atom is 0.156 e. The second-order valence-corrected chi connectivity index (χ2v) is 4.49. The molecule has 0 amide bonds. The van der Waals surface area contributed by atoms with E-state index in [0.29, 0.717) is 5.84 Å². The lowest BCUT2D eigenvalue weighted by Gasteiger charge is -2.22. The van der Waals surface area contributed by atoms with Crippen molar-refractivity contribution in [3.8, 4) is 0 Å². The van der Waals surface area contributed by atoms with Gasteiger partial charge in [-0.25, -0.2) is 4.99 Å². The van der Waals surface area contributed by atoms with E-state index in [-0.39, 0.29) is 6.17 Å². The zero-order valence-corrected chi connectivity index (χ0v) is 10.8. The molecule has 0 radical (unpaired) electrons. The number of nitrogens with zero attached hydrogens (tertiary/aromatic N) is 1. The van der Waals surface area contributed by atoms with E-state index >= 15 is 0 Å². The normalized spacial score (nSPS) is 17.2. The van der Waals surface area contributed by atoms with Crippen LogP contribution in [0, 0.1) is 0 Å². The highest BCUT2D eigenvalue weighted by Gasteiger charge is 2.17. The van der Waals surface area contributed by atoms with E-state index in [9.17, 15) is 5.21 Å². The standard InChI is InChI=1S/C16H15N3O/c20-19-16-13-8-4-5-9-14(13)17-15(18-16)11-10-12-6-2-1-3-7-12/h1-11,15,17,20H,(H,18,19)/b11-10+. The van der Waals surface area contributed by atoms with Gasteiger partial charge in [0.2, 0.25) is 0 Å². The first-order valence-corrected chi connectivity index (χ1v) is 6.44. The van der Waals surface area contributed by atoms with Crippen LogP contribution in [0.15, 0.2) is 65.7 Å². The van der Waals surface area contributed by atoms with Crippen LogP contribution in [0.4, 0.5) is 5.69 Å². The van der Waals surface area contributed by atoms with Gasteiger partial charge in [-0.05, 0) is 23.8 Å². The molecule has 3 N–H and O–H groups in total. The molecule has 1 unspecified atom stereocenters. The summed E-state index contributed by atoms with van der Waals surface area (Å²) in [7, 11) is 0. The van der Waals surface area contributed by atoms with E-state index in [4.69, 9.17) is 0 Å². The molecule has 0 aromatic heterocycles. The van der Waals surface area contributed by atoms with E-state index in [1.54, 1.807) is 0 Å². The number of rotatable bonds is 2. The molecule has 0 aliphatic carbocycles. The largest absolute Gasteiger partial charge is 0.360 e. The van der Waals surface area contributed by atoms with Crippen molar-refractivity contribution >= 4 is 17.6 Å². The van der Waals surface area contributed by atoms with Crippen molar-refractivity contribution < 1.29 is 5.21 Å². The number of hydrogen-bond donors (Lipinski definition) is 3. The Morgan fingerprint density at radius 2 is 1.80 bits per heavy atom. The molecule has 1 aliphatic rings. The van der Waals surface area contributed by atoms with Crippen LogP contribution in [-0.4, -0.2) is 17.2 Å². The zero-order valence-electron chi connectivity index (χ0n) is 10.8. The van der Waals surface area contributed by atoms with Gasteiger partial charge in [0.1, 0.15) is 6.17 Å². The molecular weight excluding hydrogens is 250 g/mol. The molecule has 1 atom stereocenters. The summed E-state index contributed by atoms with van der Waals surface area (Å²) in [5.74, 6) is 0.474. The summed E-state index contributed by atoms with van der Waals surface area (Å²) in [5.41, 5.74) is 5.08. The van der Waals surface area contributed by atoms with Crippen molar-refractivity contribution in [3.05, 3.63) is 71.8 Å². The highest BCUT2D eigenvalue weighted by atomic mass is 16.5. The van der Waals surface area contributed by atoms with E-state index < -0.39 is 0 Å². The fourth-order valence-electron chi connectivity index (χ4n) is 2.16. The van der Waals surface area contributed by atoms with E-state index in [0.717, 1.165) is 16.8 Å². The lowest BCUT2D eigenvalue weighted by molar-refractivity contribution is 0.234. The fourth-order valence-corrected chi connectivity index (χ4v) is 2.16. The Hall–Kier alpha value is -2.59. The summed E-state index contributed by atoms with van der Waals surface area (Å²) in [6.45, 7) is 0. The monoisotopic (exact) mass is 265 g/mol. The van der Waals surface area contributed by atoms with Crippen LogP contribution >= 0.6 is 0 Å². The number of amidine groups is 1. The maximum atomic E-state index is 9.21. The fraction of sp³-hybridized carbons (Fsp3) is 0.0625. The van der Waals surface area contributed by atoms with Crippen LogP contribution in [-0.2, 0) is 0 Å². The highest BCUT2D eigenvalue weighted by Crippen LogP contribution is 2.21. The molecule has 4 heteroatoms. The van der Waals surface area contributed by atoms with E-state index in [1.807, 2.05) is 66.7 Å². The van der Waals surface area contributed by atoms with Crippen molar-refractivity contribution in [2.24, 2.45) is 4.99 Å². The third-order valence-electron chi connectivity index (χ3n) is 3.13. The maximum absolute atomic E-state index is 9.21. The van der Waals surface area contributed by atoms with Gasteiger partial charge in [0.15, 0.2) is 5.84 Å². The first kappa shape index (κ1) is 12.4. The molecule has 0 saturated heterocycles. The van der Waals surface area contributed by atoms with Crippen LogP contribution in [0.2, 0.25) is 0 Å². The molecule has 1 heterocycles. The third kappa shape index (κ3) is 2.55. The van der Waals surface area contributed by atoms with Gasteiger partial charge in [0.25, 0.3) is 0 Å². The predicted molar refractivity (Wildman–Crippen MR) is 80.8 cm³/mol. The van der Waals surface area contributed by atoms with Gasteiger partial charge < -0.3 is 5.32 Å². The van der Waals surface area contributed by atoms with Crippen LogP contribution in [0.1, 0.15) is 11.1 Å². The topological polar surface area (TPSA) is 56.6 Å². The van der Waals surface area contributed by atoms with Gasteiger partial charge in [-0.2, -0.15) is 0 Å². The molecule has 0 spiro atoms. The second-order valence-electron chi connectivity index (χ2n) is 4.49. The number of aliphatic imine (C=N–C) groups is 1. The molecule has 2 aromatic carbocycles. The van der Waals surface area contributed by atoms with Crippen LogP contribution in [0.25, 0.3) is 6.08 Å². The SMILES string of the molecule is ONC1=NC(/C=C/c2ccccc2)Nc2ccccc21. The number of nitrogens with one attached hydrogen (secondary N) is 2. The average molecular weight is 265 g/mol. The van der Waals surface area contributed by atoms with Crippen molar-refractivity contribution in [1.82, 2.24) is 5.48 Å². The van der Waals surface area contributed by atoms with E-state index in [2.05, 4.69) is 15.8 Å². The molecule has 0 bridgehead atoms. The number of hydrogen-bond acceptors (Lipinski definition) is 4. The summed E-state index contributed by atoms with van der Waals surface area (Å²) in [5, 5.41) is 12.5. The Labute approximate surface area is 117 Å². The van der Waals surface area contributed by atoms with E-state index in [1.165, 1.54) is 0 Å². The van der Waals surface area contributed by atoms with Crippen LogP contribution < -0.4 is 10.8 Å². The molecule has 3 rings (SSSR count). The first-order valence-electron chi connectivity index (χ1n) is 6.44. The molecule has 1 aliphatic heterocycles. The van der Waals surface area contributed by atoms with Gasteiger partial charge in [0.05, 0.1) is 0 Å². The second kappa shape index (κ2) is 5.59. The summed E-state index contributed by atoms with van der Waals surface area (Å²) < 4.78 is 0. The highest BCUT2D eigenvalue weighted by molar-refractivity contribution is 6.04. The Morgan fingerprint density at radius 3 is 2.60 bits per heavy atom. The van der Waals surface area contributed by atoms with Gasteiger partial charge in [-0.3, -0.25) is 10.7 Å². The number of fused-ring (bicyclic) bond motifs is 1. The number of hydroxylamine groups is 1. The average Bonchev–Trinajstić information content (AvgIpc) is 2.53. The number of anilines is 1. The molecular formula is C16H15N3O. The Balaban J connectivity index is 1.85. The van der Waals surface area contributed by atoms with Crippen molar-refractivity contribution in [3.63, 3.8) is 0 Å². The third-order valence-corrected chi connectivity index (χ3v) is 3.13. The van der Waals surface area contributed by atoms with Crippen molar-refractivity contribution in [2.75, 3.05) is 5.32 Å². The number of para-hydroxylation sites is 1. The summed E-state index contributed by atoms with van der Waals surface area (Å²) >= 11 is 0. The van der Waals surface area contributed by atoms with Crippen molar-refractivity contribution in [1.29, 1.82) is 0 Å². The van der Waals surface area contributed by atoms with Gasteiger partial charge in [-0.1, -0.05) is 48.5 Å². The predicted octanol–water partition coefficient (Wildman–Crippen LogP) is 2.88.